The van der Waals surface area contributed by atoms with Crippen LogP contribution in [0, 0.1) is 6.92 Å². The third kappa shape index (κ3) is 3.75. The lowest BCUT2D eigenvalue weighted by Gasteiger charge is -2.23. The van der Waals surface area contributed by atoms with Gasteiger partial charge in [0, 0.05) is 5.56 Å². The Labute approximate surface area is 148 Å². The van der Waals surface area contributed by atoms with Crippen molar-refractivity contribution >= 4 is 16.0 Å². The smallest absolute Gasteiger partial charge is 0.297 e. The van der Waals surface area contributed by atoms with Gasteiger partial charge < -0.3 is 4.74 Å². The van der Waals surface area contributed by atoms with Crippen LogP contribution in [0.4, 0.5) is 0 Å². The molecule has 0 N–H and O–H groups in total. The molecule has 1 aliphatic heterocycles. The maximum absolute atomic E-state index is 12.4. The van der Waals surface area contributed by atoms with Gasteiger partial charge in [0.05, 0.1) is 11.5 Å². The summed E-state index contributed by atoms with van der Waals surface area (Å²) in [6.45, 7) is 5.51. The number of nitrogens with zero attached hydrogens (tertiary/aromatic N) is 1. The van der Waals surface area contributed by atoms with Crippen LogP contribution in [0.15, 0.2) is 64.5 Å². The molecular formula is C19H21NO4S. The summed E-state index contributed by atoms with van der Waals surface area (Å²) < 4.78 is 35.9. The van der Waals surface area contributed by atoms with Gasteiger partial charge in [-0.05, 0) is 45.0 Å². The number of aryl methyl sites for hydroxylation is 1. The minimum Gasteiger partial charge on any atom is -0.472 e. The molecule has 6 heteroatoms. The number of benzene rings is 2. The molecule has 3 rings (SSSR count). The van der Waals surface area contributed by atoms with Crippen LogP contribution in [-0.4, -0.2) is 32.6 Å². The largest absolute Gasteiger partial charge is 0.472 e. The molecule has 0 fully saturated rings. The number of hydrogen-bond acceptors (Lipinski definition) is 5. The molecular weight excluding hydrogens is 338 g/mol. The van der Waals surface area contributed by atoms with E-state index in [0.29, 0.717) is 5.90 Å². The Morgan fingerprint density at radius 2 is 1.76 bits per heavy atom. The minimum atomic E-state index is -3.83. The fraction of sp³-hybridized carbons (Fsp3) is 0.316. The van der Waals surface area contributed by atoms with Crippen molar-refractivity contribution in [2.75, 3.05) is 6.61 Å². The third-order valence-electron chi connectivity index (χ3n) is 4.36. The first-order chi connectivity index (χ1) is 11.8. The Morgan fingerprint density at radius 3 is 2.40 bits per heavy atom. The molecule has 0 bridgehead atoms. The Hall–Kier alpha value is -2.18. The lowest BCUT2D eigenvalue weighted by Crippen LogP contribution is -2.38. The average Bonchev–Trinajstić information content (AvgIpc) is 2.90. The molecule has 25 heavy (non-hydrogen) atoms. The molecule has 0 aromatic heterocycles. The molecule has 2 aromatic rings. The van der Waals surface area contributed by atoms with E-state index in [1.54, 1.807) is 24.3 Å². The fourth-order valence-electron chi connectivity index (χ4n) is 2.48. The Balaban J connectivity index is 1.77. The van der Waals surface area contributed by atoms with Gasteiger partial charge in [-0.15, -0.1) is 0 Å². The second kappa shape index (κ2) is 6.61. The molecule has 0 spiro atoms. The predicted molar refractivity (Wildman–Crippen MR) is 96.2 cm³/mol. The highest BCUT2D eigenvalue weighted by molar-refractivity contribution is 7.86. The lowest BCUT2D eigenvalue weighted by molar-refractivity contribution is 0.121. The standard InChI is InChI=1S/C19H21NO4S/c1-14-9-11-17(12-10-14)25(21,22)23-13-19(3)15(2)24-18(20-19)16-7-5-4-6-8-16/h4-12,15H,13H2,1-3H3/t15-,19+/m0/s1. The van der Waals surface area contributed by atoms with Crippen molar-refractivity contribution in [1.82, 2.24) is 0 Å². The third-order valence-corrected chi connectivity index (χ3v) is 5.64. The Morgan fingerprint density at radius 1 is 1.12 bits per heavy atom. The summed E-state index contributed by atoms with van der Waals surface area (Å²) in [6, 6.07) is 16.1. The van der Waals surface area contributed by atoms with Crippen LogP contribution in [-0.2, 0) is 19.0 Å². The van der Waals surface area contributed by atoms with Crippen LogP contribution in [0.1, 0.15) is 25.0 Å². The van der Waals surface area contributed by atoms with Crippen LogP contribution in [0.2, 0.25) is 0 Å². The van der Waals surface area contributed by atoms with Gasteiger partial charge in [0.1, 0.15) is 11.6 Å². The molecule has 5 nitrogen and oxygen atoms in total. The molecule has 0 unspecified atom stereocenters. The normalized spacial score (nSPS) is 23.2. The fourth-order valence-corrected chi connectivity index (χ4v) is 3.48. The number of aliphatic imine (C=N–C) groups is 1. The van der Waals surface area contributed by atoms with Crippen molar-refractivity contribution in [3.05, 3.63) is 65.7 Å². The number of rotatable bonds is 5. The molecule has 0 aliphatic carbocycles. The second-order valence-electron chi connectivity index (χ2n) is 6.43. The molecule has 0 saturated heterocycles. The highest BCUT2D eigenvalue weighted by Gasteiger charge is 2.41. The average molecular weight is 359 g/mol. The van der Waals surface area contributed by atoms with Crippen LogP contribution >= 0.6 is 0 Å². The zero-order valence-electron chi connectivity index (χ0n) is 14.5. The van der Waals surface area contributed by atoms with Gasteiger partial charge in [0.15, 0.2) is 0 Å². The summed E-state index contributed by atoms with van der Waals surface area (Å²) in [5, 5.41) is 0. The monoisotopic (exact) mass is 359 g/mol. The molecule has 1 heterocycles. The predicted octanol–water partition coefficient (Wildman–Crippen LogP) is 3.32. The lowest BCUT2D eigenvalue weighted by atomic mass is 9.99. The van der Waals surface area contributed by atoms with Crippen molar-refractivity contribution < 1.29 is 17.3 Å². The SMILES string of the molecule is Cc1ccc(S(=O)(=O)OC[C@@]2(C)N=C(c3ccccc3)O[C@H]2C)cc1. The Kier molecular flexibility index (Phi) is 4.67. The first-order valence-corrected chi connectivity index (χ1v) is 9.49. The van der Waals surface area contributed by atoms with Crippen molar-refractivity contribution in [3.8, 4) is 0 Å². The summed E-state index contributed by atoms with van der Waals surface area (Å²) in [5.74, 6) is 0.506. The van der Waals surface area contributed by atoms with Gasteiger partial charge in [0.25, 0.3) is 10.1 Å². The summed E-state index contributed by atoms with van der Waals surface area (Å²) in [6.07, 6.45) is -0.295. The molecule has 132 valence electrons. The van der Waals surface area contributed by atoms with Crippen LogP contribution in [0.3, 0.4) is 0 Å². The van der Waals surface area contributed by atoms with Crippen LogP contribution in [0.25, 0.3) is 0 Å². The van der Waals surface area contributed by atoms with Gasteiger partial charge in [0.2, 0.25) is 5.90 Å². The minimum absolute atomic E-state index is 0.0826. The van der Waals surface area contributed by atoms with Gasteiger partial charge >= 0.3 is 0 Å². The highest BCUT2D eigenvalue weighted by atomic mass is 32.2. The van der Waals surface area contributed by atoms with Crippen molar-refractivity contribution in [2.24, 2.45) is 4.99 Å². The molecule has 0 amide bonds. The van der Waals surface area contributed by atoms with Crippen molar-refractivity contribution in [1.29, 1.82) is 0 Å². The molecule has 1 aliphatic rings. The van der Waals surface area contributed by atoms with Crippen molar-refractivity contribution in [2.45, 2.75) is 37.3 Å². The summed E-state index contributed by atoms with van der Waals surface area (Å²) in [7, 11) is -3.83. The molecule has 2 atom stereocenters. The van der Waals surface area contributed by atoms with Crippen molar-refractivity contribution in [3.63, 3.8) is 0 Å². The van der Waals surface area contributed by atoms with Gasteiger partial charge in [-0.25, -0.2) is 4.99 Å². The van der Waals surface area contributed by atoms with E-state index in [2.05, 4.69) is 4.99 Å². The maximum Gasteiger partial charge on any atom is 0.297 e. The topological polar surface area (TPSA) is 65.0 Å². The van der Waals surface area contributed by atoms with E-state index in [4.69, 9.17) is 8.92 Å². The first kappa shape index (κ1) is 17.6. The van der Waals surface area contributed by atoms with E-state index in [-0.39, 0.29) is 17.6 Å². The molecule has 0 radical (unpaired) electrons. The zero-order valence-corrected chi connectivity index (χ0v) is 15.3. The summed E-state index contributed by atoms with van der Waals surface area (Å²) in [5.41, 5.74) is 1.07. The summed E-state index contributed by atoms with van der Waals surface area (Å²) >= 11 is 0. The van der Waals surface area contributed by atoms with E-state index < -0.39 is 15.7 Å². The Bertz CT molecular complexity index is 875. The zero-order chi connectivity index (χ0) is 18.1. The van der Waals surface area contributed by atoms with Gasteiger partial charge in [-0.1, -0.05) is 35.9 Å². The van der Waals surface area contributed by atoms with Gasteiger partial charge in [-0.2, -0.15) is 8.42 Å². The maximum atomic E-state index is 12.4. The molecule has 0 saturated carbocycles. The van der Waals surface area contributed by atoms with E-state index in [1.807, 2.05) is 51.1 Å². The second-order valence-corrected chi connectivity index (χ2v) is 8.04. The number of ether oxygens (including phenoxy) is 1. The van der Waals surface area contributed by atoms with Crippen LogP contribution < -0.4 is 0 Å². The first-order valence-electron chi connectivity index (χ1n) is 8.08. The summed E-state index contributed by atoms with van der Waals surface area (Å²) in [4.78, 5) is 4.73. The van der Waals surface area contributed by atoms with E-state index >= 15 is 0 Å². The van der Waals surface area contributed by atoms with E-state index in [9.17, 15) is 8.42 Å². The quantitative estimate of drug-likeness (QED) is 0.768. The highest BCUT2D eigenvalue weighted by Crippen LogP contribution is 2.29. The molecule has 2 aromatic carbocycles. The number of hydrogen-bond donors (Lipinski definition) is 0. The van der Waals surface area contributed by atoms with E-state index in [0.717, 1.165) is 11.1 Å². The van der Waals surface area contributed by atoms with Gasteiger partial charge in [-0.3, -0.25) is 4.18 Å². The van der Waals surface area contributed by atoms with E-state index in [1.165, 1.54) is 0 Å². The van der Waals surface area contributed by atoms with Crippen LogP contribution in [0.5, 0.6) is 0 Å².